The molecule has 0 bridgehead atoms. The van der Waals surface area contributed by atoms with Crippen LogP contribution in [0.1, 0.15) is 32.6 Å². The Kier molecular flexibility index (Phi) is 9.66. The fraction of sp³-hybridized carbons (Fsp3) is 0.938. The van der Waals surface area contributed by atoms with Crippen LogP contribution in [0.3, 0.4) is 0 Å². The van der Waals surface area contributed by atoms with E-state index in [2.05, 4.69) is 27.0 Å². The molecule has 1 saturated carbocycles. The molecule has 2 aliphatic rings. The minimum atomic E-state index is 0. The van der Waals surface area contributed by atoms with Crippen LogP contribution >= 0.6 is 24.0 Å². The summed E-state index contributed by atoms with van der Waals surface area (Å²) in [5, 5.41) is 3.54. The van der Waals surface area contributed by atoms with Crippen molar-refractivity contribution in [2.75, 3.05) is 53.5 Å². The van der Waals surface area contributed by atoms with Gasteiger partial charge in [0.15, 0.2) is 5.96 Å². The van der Waals surface area contributed by atoms with E-state index < -0.39 is 0 Å². The lowest BCUT2D eigenvalue weighted by Gasteiger charge is -2.34. The van der Waals surface area contributed by atoms with Gasteiger partial charge in [-0.05, 0) is 31.6 Å². The normalized spacial score (nSPS) is 22.6. The fourth-order valence-electron chi connectivity index (χ4n) is 3.15. The second kappa shape index (κ2) is 10.6. The van der Waals surface area contributed by atoms with Crippen LogP contribution in [0.15, 0.2) is 4.99 Å². The molecule has 0 spiro atoms. The van der Waals surface area contributed by atoms with Crippen molar-refractivity contribution in [3.8, 4) is 0 Å². The molecule has 2 fully saturated rings. The predicted molar refractivity (Wildman–Crippen MR) is 103 cm³/mol. The second-order valence-corrected chi connectivity index (χ2v) is 6.43. The second-order valence-electron chi connectivity index (χ2n) is 6.43. The van der Waals surface area contributed by atoms with Gasteiger partial charge in [-0.25, -0.2) is 0 Å². The van der Waals surface area contributed by atoms with Crippen LogP contribution in [0.25, 0.3) is 0 Å². The quantitative estimate of drug-likeness (QED) is 0.386. The van der Waals surface area contributed by atoms with Crippen molar-refractivity contribution in [2.45, 2.75) is 38.6 Å². The number of halogens is 1. The summed E-state index contributed by atoms with van der Waals surface area (Å²) in [6.45, 7) is 8.53. The molecule has 1 heterocycles. The van der Waals surface area contributed by atoms with E-state index in [1.165, 1.54) is 25.7 Å². The van der Waals surface area contributed by atoms with Gasteiger partial charge in [-0.15, -0.1) is 24.0 Å². The lowest BCUT2D eigenvalue weighted by atomic mass is 10.0. The first kappa shape index (κ1) is 20.0. The van der Waals surface area contributed by atoms with E-state index in [0.717, 1.165) is 57.2 Å². The third kappa shape index (κ3) is 6.58. The van der Waals surface area contributed by atoms with E-state index in [0.29, 0.717) is 0 Å². The van der Waals surface area contributed by atoms with Crippen LogP contribution < -0.4 is 5.32 Å². The number of methoxy groups -OCH3 is 1. The van der Waals surface area contributed by atoms with Crippen LogP contribution in [-0.2, 0) is 4.74 Å². The first-order valence-corrected chi connectivity index (χ1v) is 8.43. The highest BCUT2D eigenvalue weighted by atomic mass is 127. The van der Waals surface area contributed by atoms with Crippen molar-refractivity contribution in [3.05, 3.63) is 0 Å². The summed E-state index contributed by atoms with van der Waals surface area (Å²) in [4.78, 5) is 9.41. The molecule has 1 aliphatic heterocycles. The first-order valence-electron chi connectivity index (χ1n) is 8.43. The molecule has 6 heteroatoms. The Hall–Kier alpha value is -0.0800. The van der Waals surface area contributed by atoms with Gasteiger partial charge in [-0.1, -0.05) is 6.92 Å². The van der Waals surface area contributed by atoms with Crippen molar-refractivity contribution >= 4 is 29.9 Å². The van der Waals surface area contributed by atoms with E-state index in [4.69, 9.17) is 4.74 Å². The van der Waals surface area contributed by atoms with Crippen molar-refractivity contribution < 1.29 is 4.74 Å². The molecular formula is C16H33IN4O. The summed E-state index contributed by atoms with van der Waals surface area (Å²) in [7, 11) is 3.67. The summed E-state index contributed by atoms with van der Waals surface area (Å²) in [5.41, 5.74) is 0. The largest absolute Gasteiger partial charge is 0.383 e. The van der Waals surface area contributed by atoms with E-state index in [1.54, 1.807) is 7.11 Å². The zero-order valence-electron chi connectivity index (χ0n) is 14.4. The maximum Gasteiger partial charge on any atom is 0.193 e. The Bertz CT molecular complexity index is 336. The van der Waals surface area contributed by atoms with E-state index in [1.807, 2.05) is 7.05 Å². The standard InChI is InChI=1S/C16H32N4O.HI/c1-14-5-4-9-20(13-14)16(17-2)18-8-10-19(11-12-21-3)15-6-7-15;/h14-15H,4-13H2,1-3H3,(H,17,18);1H. The number of likely N-dealkylation sites (tertiary alicyclic amines) is 1. The van der Waals surface area contributed by atoms with Crippen molar-refractivity contribution in [3.63, 3.8) is 0 Å². The molecule has 1 N–H and O–H groups in total. The average molecular weight is 424 g/mol. The number of nitrogens with zero attached hydrogens (tertiary/aromatic N) is 3. The predicted octanol–water partition coefficient (Wildman–Crippen LogP) is 2.02. The number of piperidine rings is 1. The number of nitrogens with one attached hydrogen (secondary N) is 1. The summed E-state index contributed by atoms with van der Waals surface area (Å²) < 4.78 is 5.21. The smallest absolute Gasteiger partial charge is 0.193 e. The van der Waals surface area contributed by atoms with Gasteiger partial charge in [0.05, 0.1) is 6.61 Å². The summed E-state index contributed by atoms with van der Waals surface area (Å²) in [5.74, 6) is 1.85. The highest BCUT2D eigenvalue weighted by molar-refractivity contribution is 14.0. The molecule has 130 valence electrons. The van der Waals surface area contributed by atoms with Gasteiger partial charge in [0.25, 0.3) is 0 Å². The van der Waals surface area contributed by atoms with E-state index in [-0.39, 0.29) is 24.0 Å². The van der Waals surface area contributed by atoms with Gasteiger partial charge in [0.2, 0.25) is 0 Å². The van der Waals surface area contributed by atoms with Crippen molar-refractivity contribution in [1.29, 1.82) is 0 Å². The minimum Gasteiger partial charge on any atom is -0.383 e. The molecule has 2 rings (SSSR count). The minimum absolute atomic E-state index is 0. The molecule has 5 nitrogen and oxygen atoms in total. The molecule has 0 amide bonds. The first-order chi connectivity index (χ1) is 10.2. The zero-order chi connectivity index (χ0) is 15.1. The van der Waals surface area contributed by atoms with Gasteiger partial charge in [-0.2, -0.15) is 0 Å². The molecule has 1 aliphatic carbocycles. The van der Waals surface area contributed by atoms with Crippen LogP contribution in [0, 0.1) is 5.92 Å². The van der Waals surface area contributed by atoms with Gasteiger partial charge < -0.3 is 15.0 Å². The Morgan fingerprint density at radius 3 is 2.68 bits per heavy atom. The molecule has 0 aromatic carbocycles. The fourth-order valence-corrected chi connectivity index (χ4v) is 3.15. The monoisotopic (exact) mass is 424 g/mol. The lowest BCUT2D eigenvalue weighted by molar-refractivity contribution is 0.144. The van der Waals surface area contributed by atoms with Crippen LogP contribution in [0.5, 0.6) is 0 Å². The molecule has 0 aromatic rings. The van der Waals surface area contributed by atoms with Crippen LogP contribution in [0.4, 0.5) is 0 Å². The number of rotatable bonds is 7. The lowest BCUT2D eigenvalue weighted by Crippen LogP contribution is -2.48. The molecule has 1 saturated heterocycles. The summed E-state index contributed by atoms with van der Waals surface area (Å²) >= 11 is 0. The highest BCUT2D eigenvalue weighted by Crippen LogP contribution is 2.26. The molecule has 0 radical (unpaired) electrons. The Morgan fingerprint density at radius 2 is 2.09 bits per heavy atom. The Balaban J connectivity index is 0.00000242. The van der Waals surface area contributed by atoms with Gasteiger partial charge in [0, 0.05) is 52.9 Å². The van der Waals surface area contributed by atoms with Crippen molar-refractivity contribution in [1.82, 2.24) is 15.1 Å². The van der Waals surface area contributed by atoms with Crippen LogP contribution in [-0.4, -0.2) is 75.3 Å². The summed E-state index contributed by atoms with van der Waals surface area (Å²) in [6.07, 6.45) is 5.33. The van der Waals surface area contributed by atoms with Crippen LogP contribution in [0.2, 0.25) is 0 Å². The maximum absolute atomic E-state index is 5.21. The molecule has 22 heavy (non-hydrogen) atoms. The molecule has 0 aromatic heterocycles. The van der Waals surface area contributed by atoms with Gasteiger partial charge >= 0.3 is 0 Å². The number of ether oxygens (including phenoxy) is 1. The third-order valence-electron chi connectivity index (χ3n) is 4.50. The number of guanidine groups is 1. The van der Waals surface area contributed by atoms with Crippen molar-refractivity contribution in [2.24, 2.45) is 10.9 Å². The van der Waals surface area contributed by atoms with Gasteiger partial charge in [0.1, 0.15) is 0 Å². The van der Waals surface area contributed by atoms with Gasteiger partial charge in [-0.3, -0.25) is 9.89 Å². The maximum atomic E-state index is 5.21. The SMILES string of the molecule is CN=C(NCCN(CCOC)C1CC1)N1CCCC(C)C1.I. The third-order valence-corrected chi connectivity index (χ3v) is 4.50. The average Bonchev–Trinajstić information content (AvgIpc) is 3.31. The Labute approximate surface area is 152 Å². The Morgan fingerprint density at radius 1 is 1.32 bits per heavy atom. The summed E-state index contributed by atoms with van der Waals surface area (Å²) in [6, 6.07) is 0.791. The molecular weight excluding hydrogens is 391 g/mol. The number of aliphatic imine (C=N–C) groups is 1. The zero-order valence-corrected chi connectivity index (χ0v) is 16.7. The highest BCUT2D eigenvalue weighted by Gasteiger charge is 2.28. The molecule has 1 unspecified atom stereocenters. The number of hydrogen-bond donors (Lipinski definition) is 1. The van der Waals surface area contributed by atoms with E-state index in [9.17, 15) is 0 Å². The molecule has 1 atom stereocenters. The number of hydrogen-bond acceptors (Lipinski definition) is 3. The van der Waals surface area contributed by atoms with E-state index >= 15 is 0 Å². The topological polar surface area (TPSA) is 40.1 Å².